The highest BCUT2D eigenvalue weighted by molar-refractivity contribution is 6.04. The predicted molar refractivity (Wildman–Crippen MR) is 62.3 cm³/mol. The first kappa shape index (κ1) is 14.7. The van der Waals surface area contributed by atoms with E-state index in [2.05, 4.69) is 4.74 Å². The summed E-state index contributed by atoms with van der Waals surface area (Å²) in [6, 6.07) is 3.05. The Balaban J connectivity index is 3.09. The summed E-state index contributed by atoms with van der Waals surface area (Å²) in [6.07, 6.45) is -0.879. The molecule has 0 amide bonds. The van der Waals surface area contributed by atoms with Crippen molar-refractivity contribution >= 4 is 17.9 Å². The number of hydrogen-bond acceptors (Lipinski definition) is 5. The van der Waals surface area contributed by atoms with Crippen LogP contribution in [-0.4, -0.2) is 45.9 Å². The molecule has 19 heavy (non-hydrogen) atoms. The number of hydrogen-bond donors (Lipinski definition) is 3. The van der Waals surface area contributed by atoms with E-state index < -0.39 is 29.6 Å². The van der Waals surface area contributed by atoms with E-state index >= 15 is 0 Å². The molecule has 0 bridgehead atoms. The second-order valence-electron chi connectivity index (χ2n) is 3.82. The molecule has 1 atom stereocenters. The summed E-state index contributed by atoms with van der Waals surface area (Å²) in [5, 5.41) is 26.7. The SMILES string of the molecule is CC(O)COC(=O)c1ccc(C(=O)O)cc1C(=O)O. The lowest BCUT2D eigenvalue weighted by molar-refractivity contribution is 0.0292. The smallest absolute Gasteiger partial charge is 0.339 e. The van der Waals surface area contributed by atoms with Crippen LogP contribution in [0.1, 0.15) is 38.0 Å². The fourth-order valence-electron chi connectivity index (χ4n) is 1.31. The topological polar surface area (TPSA) is 121 Å². The minimum Gasteiger partial charge on any atom is -0.478 e. The van der Waals surface area contributed by atoms with E-state index in [-0.39, 0.29) is 17.7 Å². The Labute approximate surface area is 108 Å². The number of aliphatic hydroxyl groups is 1. The molecular formula is C12H12O7. The summed E-state index contributed by atoms with van der Waals surface area (Å²) in [4.78, 5) is 33.3. The van der Waals surface area contributed by atoms with Crippen LogP contribution in [0.15, 0.2) is 18.2 Å². The average molecular weight is 268 g/mol. The van der Waals surface area contributed by atoms with E-state index in [4.69, 9.17) is 15.3 Å². The summed E-state index contributed by atoms with van der Waals surface area (Å²) in [6.45, 7) is 1.12. The van der Waals surface area contributed by atoms with Gasteiger partial charge < -0.3 is 20.1 Å². The van der Waals surface area contributed by atoms with Gasteiger partial charge in [0.1, 0.15) is 6.61 Å². The van der Waals surface area contributed by atoms with Crippen LogP contribution in [0.5, 0.6) is 0 Å². The van der Waals surface area contributed by atoms with Gasteiger partial charge in [-0.05, 0) is 25.1 Å². The van der Waals surface area contributed by atoms with E-state index in [1.54, 1.807) is 0 Å². The second-order valence-corrected chi connectivity index (χ2v) is 3.82. The van der Waals surface area contributed by atoms with E-state index in [1.807, 2.05) is 0 Å². The van der Waals surface area contributed by atoms with Crippen molar-refractivity contribution in [3.8, 4) is 0 Å². The van der Waals surface area contributed by atoms with Crippen LogP contribution in [0.4, 0.5) is 0 Å². The Morgan fingerprint density at radius 1 is 1.16 bits per heavy atom. The van der Waals surface area contributed by atoms with Crippen LogP contribution >= 0.6 is 0 Å². The molecule has 1 unspecified atom stereocenters. The van der Waals surface area contributed by atoms with E-state index in [0.29, 0.717) is 0 Å². The minimum absolute atomic E-state index is 0.246. The number of aliphatic hydroxyl groups excluding tert-OH is 1. The molecule has 0 saturated heterocycles. The van der Waals surface area contributed by atoms with Gasteiger partial charge in [-0.25, -0.2) is 14.4 Å². The van der Waals surface area contributed by atoms with Crippen molar-refractivity contribution in [1.29, 1.82) is 0 Å². The number of carbonyl (C=O) groups is 3. The lowest BCUT2D eigenvalue weighted by atomic mass is 10.0. The van der Waals surface area contributed by atoms with Gasteiger partial charge in [0.25, 0.3) is 0 Å². The van der Waals surface area contributed by atoms with Crippen LogP contribution in [-0.2, 0) is 4.74 Å². The number of carboxylic acid groups (broad SMARTS) is 2. The van der Waals surface area contributed by atoms with Gasteiger partial charge in [-0.2, -0.15) is 0 Å². The van der Waals surface area contributed by atoms with Crippen molar-refractivity contribution in [2.24, 2.45) is 0 Å². The zero-order valence-electron chi connectivity index (χ0n) is 9.99. The van der Waals surface area contributed by atoms with Crippen LogP contribution in [0, 0.1) is 0 Å². The molecule has 7 heteroatoms. The number of carboxylic acids is 2. The fourth-order valence-corrected chi connectivity index (χ4v) is 1.31. The first-order valence-corrected chi connectivity index (χ1v) is 5.28. The number of benzene rings is 1. The summed E-state index contributed by atoms with van der Waals surface area (Å²) < 4.78 is 4.68. The van der Waals surface area contributed by atoms with Gasteiger partial charge >= 0.3 is 17.9 Å². The van der Waals surface area contributed by atoms with Crippen molar-refractivity contribution in [2.75, 3.05) is 6.61 Å². The lowest BCUT2D eigenvalue weighted by Gasteiger charge is -2.09. The molecule has 0 aliphatic heterocycles. The van der Waals surface area contributed by atoms with Crippen molar-refractivity contribution in [3.63, 3.8) is 0 Å². The van der Waals surface area contributed by atoms with E-state index in [0.717, 1.165) is 18.2 Å². The molecule has 0 fully saturated rings. The van der Waals surface area contributed by atoms with Crippen LogP contribution < -0.4 is 0 Å². The molecule has 7 nitrogen and oxygen atoms in total. The maximum absolute atomic E-state index is 11.6. The molecule has 0 aromatic heterocycles. The quantitative estimate of drug-likeness (QED) is 0.669. The van der Waals surface area contributed by atoms with Crippen molar-refractivity contribution in [1.82, 2.24) is 0 Å². The first-order chi connectivity index (χ1) is 8.82. The molecule has 102 valence electrons. The highest BCUT2D eigenvalue weighted by Gasteiger charge is 2.20. The fraction of sp³-hybridized carbons (Fsp3) is 0.250. The number of carbonyl (C=O) groups excluding carboxylic acids is 1. The summed E-state index contributed by atoms with van der Waals surface area (Å²) in [5.74, 6) is -3.67. The third-order valence-electron chi connectivity index (χ3n) is 2.17. The summed E-state index contributed by atoms with van der Waals surface area (Å²) in [5.41, 5.74) is -0.974. The molecule has 0 radical (unpaired) electrons. The Morgan fingerprint density at radius 2 is 1.79 bits per heavy atom. The van der Waals surface area contributed by atoms with Crippen LogP contribution in [0.25, 0.3) is 0 Å². The predicted octanol–water partition coefficient (Wildman–Crippen LogP) is 0.621. The number of esters is 1. The molecule has 0 aliphatic carbocycles. The number of aromatic carboxylic acids is 2. The Kier molecular flexibility index (Phi) is 4.60. The monoisotopic (exact) mass is 268 g/mol. The Morgan fingerprint density at radius 3 is 2.26 bits per heavy atom. The normalized spacial score (nSPS) is 11.7. The Hall–Kier alpha value is -2.41. The summed E-state index contributed by atoms with van der Waals surface area (Å²) >= 11 is 0. The Bertz CT molecular complexity index is 519. The maximum atomic E-state index is 11.6. The molecular weight excluding hydrogens is 256 g/mol. The van der Waals surface area contributed by atoms with Crippen molar-refractivity contribution in [2.45, 2.75) is 13.0 Å². The highest BCUT2D eigenvalue weighted by Crippen LogP contribution is 2.14. The van der Waals surface area contributed by atoms with Gasteiger partial charge in [0, 0.05) is 0 Å². The van der Waals surface area contributed by atoms with Crippen molar-refractivity contribution in [3.05, 3.63) is 34.9 Å². The third-order valence-corrected chi connectivity index (χ3v) is 2.17. The highest BCUT2D eigenvalue weighted by atomic mass is 16.5. The van der Waals surface area contributed by atoms with Gasteiger partial charge in [-0.15, -0.1) is 0 Å². The molecule has 0 spiro atoms. The van der Waals surface area contributed by atoms with Gasteiger partial charge in [-0.1, -0.05) is 0 Å². The van der Waals surface area contributed by atoms with Crippen LogP contribution in [0.2, 0.25) is 0 Å². The van der Waals surface area contributed by atoms with Gasteiger partial charge in [0.05, 0.1) is 22.8 Å². The maximum Gasteiger partial charge on any atom is 0.339 e. The molecule has 1 aromatic rings. The minimum atomic E-state index is -1.44. The van der Waals surface area contributed by atoms with Crippen molar-refractivity contribution < 1.29 is 34.4 Å². The molecule has 1 aromatic carbocycles. The molecule has 0 aliphatic rings. The van der Waals surface area contributed by atoms with E-state index in [1.165, 1.54) is 6.92 Å². The number of ether oxygens (including phenoxy) is 1. The standard InChI is InChI=1S/C12H12O7/c1-6(13)5-19-12(18)8-3-2-7(10(14)15)4-9(8)11(16)17/h2-4,6,13H,5H2,1H3,(H,14,15)(H,16,17). The summed E-state index contributed by atoms with van der Waals surface area (Å²) in [7, 11) is 0. The van der Waals surface area contributed by atoms with Crippen LogP contribution in [0.3, 0.4) is 0 Å². The van der Waals surface area contributed by atoms with Gasteiger partial charge in [0.15, 0.2) is 0 Å². The lowest BCUT2D eigenvalue weighted by Crippen LogP contribution is -2.18. The van der Waals surface area contributed by atoms with Gasteiger partial charge in [0.2, 0.25) is 0 Å². The molecule has 0 saturated carbocycles. The third kappa shape index (κ3) is 3.78. The van der Waals surface area contributed by atoms with E-state index in [9.17, 15) is 14.4 Å². The number of rotatable bonds is 5. The first-order valence-electron chi connectivity index (χ1n) is 5.28. The average Bonchev–Trinajstić information content (AvgIpc) is 2.34. The largest absolute Gasteiger partial charge is 0.478 e. The zero-order valence-corrected chi connectivity index (χ0v) is 9.99. The second kappa shape index (κ2) is 5.96. The van der Waals surface area contributed by atoms with Gasteiger partial charge in [-0.3, -0.25) is 0 Å². The molecule has 1 rings (SSSR count). The zero-order chi connectivity index (χ0) is 14.6. The molecule has 3 N–H and O–H groups in total. The molecule has 0 heterocycles.